The Morgan fingerprint density at radius 3 is 2.60 bits per heavy atom. The minimum atomic E-state index is -0.640. The molecule has 3 unspecified atom stereocenters. The second-order valence-corrected chi connectivity index (χ2v) is 6.85. The molecule has 0 amide bonds. The summed E-state index contributed by atoms with van der Waals surface area (Å²) < 4.78 is 0. The van der Waals surface area contributed by atoms with Crippen LogP contribution in [0.3, 0.4) is 0 Å². The van der Waals surface area contributed by atoms with Gasteiger partial charge < -0.3 is 5.11 Å². The first-order valence-corrected chi connectivity index (χ1v) is 7.97. The number of rotatable bonds is 4. The third kappa shape index (κ3) is 2.71. The van der Waals surface area contributed by atoms with Gasteiger partial charge in [-0.05, 0) is 73.1 Å². The van der Waals surface area contributed by atoms with Crippen molar-refractivity contribution in [2.45, 2.75) is 45.4 Å². The van der Waals surface area contributed by atoms with Crippen molar-refractivity contribution in [1.82, 2.24) is 0 Å². The van der Waals surface area contributed by atoms with Crippen molar-refractivity contribution in [2.75, 3.05) is 0 Å². The van der Waals surface area contributed by atoms with Gasteiger partial charge in [0.05, 0.1) is 5.92 Å². The van der Waals surface area contributed by atoms with E-state index in [-0.39, 0.29) is 5.92 Å². The molecule has 0 saturated heterocycles. The molecular weight excluding hydrogens is 272 g/mol. The van der Waals surface area contributed by atoms with E-state index in [4.69, 9.17) is 16.7 Å². The highest BCUT2D eigenvalue weighted by molar-refractivity contribution is 6.31. The van der Waals surface area contributed by atoms with E-state index in [1.54, 1.807) is 0 Å². The molecule has 0 heterocycles. The first-order chi connectivity index (χ1) is 9.56. The lowest BCUT2D eigenvalue weighted by Crippen LogP contribution is -2.10. The second kappa shape index (κ2) is 5.40. The predicted octanol–water partition coefficient (Wildman–Crippen LogP) is 4.12. The molecule has 3 atom stereocenters. The van der Waals surface area contributed by atoms with E-state index in [0.29, 0.717) is 11.8 Å². The number of carbonyl (C=O) groups is 1. The van der Waals surface area contributed by atoms with Crippen LogP contribution in [0.1, 0.15) is 42.9 Å². The van der Waals surface area contributed by atoms with Gasteiger partial charge in [-0.25, -0.2) is 0 Å². The summed E-state index contributed by atoms with van der Waals surface area (Å²) in [5.74, 6) is -0.0327. The summed E-state index contributed by atoms with van der Waals surface area (Å²) in [7, 11) is 0. The summed E-state index contributed by atoms with van der Waals surface area (Å²) >= 11 is 6.41. The number of aryl methyl sites for hydroxylation is 2. The Morgan fingerprint density at radius 1 is 1.35 bits per heavy atom. The molecule has 2 aliphatic carbocycles. The Bertz CT molecular complexity index is 538. The van der Waals surface area contributed by atoms with E-state index in [2.05, 4.69) is 19.1 Å². The summed E-state index contributed by atoms with van der Waals surface area (Å²) in [4.78, 5) is 11.0. The maximum absolute atomic E-state index is 11.0. The molecule has 1 N–H and O–H groups in total. The van der Waals surface area contributed by atoms with Crippen LogP contribution in [-0.4, -0.2) is 11.1 Å². The topological polar surface area (TPSA) is 37.3 Å². The minimum absolute atomic E-state index is 0.124. The van der Waals surface area contributed by atoms with E-state index in [1.165, 1.54) is 29.5 Å². The molecule has 2 aliphatic rings. The zero-order valence-electron chi connectivity index (χ0n) is 11.9. The molecule has 3 heteroatoms. The van der Waals surface area contributed by atoms with Gasteiger partial charge in [-0.2, -0.15) is 0 Å². The van der Waals surface area contributed by atoms with Crippen molar-refractivity contribution in [3.8, 4) is 0 Å². The quantitative estimate of drug-likeness (QED) is 0.906. The van der Waals surface area contributed by atoms with E-state index in [0.717, 1.165) is 30.7 Å². The zero-order valence-corrected chi connectivity index (χ0v) is 12.6. The third-order valence-corrected chi connectivity index (χ3v) is 5.29. The van der Waals surface area contributed by atoms with E-state index in [9.17, 15) is 4.79 Å². The molecule has 20 heavy (non-hydrogen) atoms. The SMILES string of the molecule is CC(Cc1cc2c(cc1Cl)CCCC2)C1CC1C(=O)O. The number of benzene rings is 1. The van der Waals surface area contributed by atoms with Crippen molar-refractivity contribution in [3.63, 3.8) is 0 Å². The van der Waals surface area contributed by atoms with Crippen LogP contribution in [0.4, 0.5) is 0 Å². The molecule has 0 bridgehead atoms. The fourth-order valence-corrected chi connectivity index (χ4v) is 3.85. The average molecular weight is 293 g/mol. The Kier molecular flexibility index (Phi) is 3.76. The number of hydrogen-bond donors (Lipinski definition) is 1. The predicted molar refractivity (Wildman–Crippen MR) is 80.2 cm³/mol. The summed E-state index contributed by atoms with van der Waals surface area (Å²) in [6.07, 6.45) is 6.58. The number of halogens is 1. The Hall–Kier alpha value is -1.02. The molecule has 2 nitrogen and oxygen atoms in total. The molecule has 0 aromatic heterocycles. The number of carboxylic acids is 1. The Labute approximate surface area is 125 Å². The summed E-state index contributed by atoms with van der Waals surface area (Å²) in [6, 6.07) is 4.41. The van der Waals surface area contributed by atoms with Crippen molar-refractivity contribution < 1.29 is 9.90 Å². The number of hydrogen-bond acceptors (Lipinski definition) is 1. The van der Waals surface area contributed by atoms with Gasteiger partial charge in [-0.1, -0.05) is 24.6 Å². The van der Waals surface area contributed by atoms with Crippen LogP contribution in [0, 0.1) is 17.8 Å². The number of aliphatic carboxylic acids is 1. The van der Waals surface area contributed by atoms with Crippen LogP contribution in [0.15, 0.2) is 12.1 Å². The average Bonchev–Trinajstić information content (AvgIpc) is 3.20. The highest BCUT2D eigenvalue weighted by atomic mass is 35.5. The molecule has 0 spiro atoms. The Balaban J connectivity index is 1.73. The van der Waals surface area contributed by atoms with Gasteiger partial charge in [0.15, 0.2) is 0 Å². The van der Waals surface area contributed by atoms with Crippen LogP contribution < -0.4 is 0 Å². The molecule has 1 aromatic carbocycles. The van der Waals surface area contributed by atoms with Gasteiger partial charge in [0.1, 0.15) is 0 Å². The Morgan fingerprint density at radius 2 is 2.00 bits per heavy atom. The fourth-order valence-electron chi connectivity index (χ4n) is 3.59. The van der Waals surface area contributed by atoms with E-state index < -0.39 is 5.97 Å². The van der Waals surface area contributed by atoms with Crippen LogP contribution >= 0.6 is 11.6 Å². The van der Waals surface area contributed by atoms with Crippen LogP contribution in [0.25, 0.3) is 0 Å². The molecule has 1 fully saturated rings. The lowest BCUT2D eigenvalue weighted by molar-refractivity contribution is -0.139. The van der Waals surface area contributed by atoms with Gasteiger partial charge in [-0.15, -0.1) is 0 Å². The van der Waals surface area contributed by atoms with Crippen molar-refractivity contribution in [2.24, 2.45) is 17.8 Å². The molecule has 0 radical (unpaired) electrons. The van der Waals surface area contributed by atoms with Gasteiger partial charge in [-0.3, -0.25) is 4.79 Å². The molecule has 108 valence electrons. The molecule has 1 aromatic rings. The first-order valence-electron chi connectivity index (χ1n) is 7.59. The van der Waals surface area contributed by atoms with Crippen LogP contribution in [0.2, 0.25) is 5.02 Å². The zero-order chi connectivity index (χ0) is 14.3. The van der Waals surface area contributed by atoms with Crippen LogP contribution in [0.5, 0.6) is 0 Å². The van der Waals surface area contributed by atoms with Gasteiger partial charge in [0.2, 0.25) is 0 Å². The van der Waals surface area contributed by atoms with Crippen molar-refractivity contribution in [1.29, 1.82) is 0 Å². The maximum atomic E-state index is 11.0. The maximum Gasteiger partial charge on any atom is 0.306 e. The third-order valence-electron chi connectivity index (χ3n) is 4.94. The summed E-state index contributed by atoms with van der Waals surface area (Å²) in [5.41, 5.74) is 4.07. The normalized spacial score (nSPS) is 25.9. The number of fused-ring (bicyclic) bond motifs is 1. The molecular formula is C17H21ClO2. The van der Waals surface area contributed by atoms with Gasteiger partial charge in [0.25, 0.3) is 0 Å². The fraction of sp³-hybridized carbons (Fsp3) is 0.588. The standard InChI is InChI=1S/C17H21ClO2/c1-10(14-9-15(14)17(19)20)6-13-7-11-4-2-3-5-12(11)8-16(13)18/h7-8,10,14-15H,2-6,9H2,1H3,(H,19,20). The molecule has 0 aliphatic heterocycles. The second-order valence-electron chi connectivity index (χ2n) is 6.45. The minimum Gasteiger partial charge on any atom is -0.481 e. The summed E-state index contributed by atoms with van der Waals surface area (Å²) in [5, 5.41) is 9.89. The lowest BCUT2D eigenvalue weighted by Gasteiger charge is -2.19. The van der Waals surface area contributed by atoms with Gasteiger partial charge in [0, 0.05) is 5.02 Å². The lowest BCUT2D eigenvalue weighted by atomic mass is 9.87. The monoisotopic (exact) mass is 292 g/mol. The first kappa shape index (κ1) is 13.9. The smallest absolute Gasteiger partial charge is 0.306 e. The summed E-state index contributed by atoms with van der Waals surface area (Å²) in [6.45, 7) is 2.16. The molecule has 3 rings (SSSR count). The highest BCUT2D eigenvalue weighted by Gasteiger charge is 2.46. The van der Waals surface area contributed by atoms with Gasteiger partial charge >= 0.3 is 5.97 Å². The van der Waals surface area contributed by atoms with Crippen molar-refractivity contribution in [3.05, 3.63) is 33.8 Å². The molecule has 1 saturated carbocycles. The largest absolute Gasteiger partial charge is 0.481 e. The van der Waals surface area contributed by atoms with Crippen LogP contribution in [-0.2, 0) is 24.1 Å². The highest BCUT2D eigenvalue weighted by Crippen LogP contribution is 2.46. The number of carboxylic acid groups (broad SMARTS) is 1. The van der Waals surface area contributed by atoms with Crippen molar-refractivity contribution >= 4 is 17.6 Å². The van der Waals surface area contributed by atoms with E-state index in [1.807, 2.05) is 0 Å². The van der Waals surface area contributed by atoms with E-state index >= 15 is 0 Å².